The molecule has 3 nitrogen and oxygen atoms in total. The van der Waals surface area contributed by atoms with Crippen LogP contribution in [0.2, 0.25) is 0 Å². The van der Waals surface area contributed by atoms with Gasteiger partial charge in [-0.25, -0.2) is 0 Å². The van der Waals surface area contributed by atoms with Crippen LogP contribution in [-0.2, 0) is 4.79 Å². The standard InChI is InChI=1S/C10H13BrN2O/c1-6-3-4-8(11)9(5-6)13-7(2)10(12)14/h3-5,7,13H,1-2H3,(H2,12,14). The van der Waals surface area contributed by atoms with E-state index in [1.54, 1.807) is 6.92 Å². The molecular formula is C10H13BrN2O. The Morgan fingerprint density at radius 2 is 2.21 bits per heavy atom. The smallest absolute Gasteiger partial charge is 0.239 e. The molecule has 1 rings (SSSR count). The number of hydrogen-bond donors (Lipinski definition) is 2. The Labute approximate surface area is 91.8 Å². The van der Waals surface area contributed by atoms with Crippen molar-refractivity contribution >= 4 is 27.5 Å². The SMILES string of the molecule is Cc1ccc(Br)c(NC(C)C(N)=O)c1. The Hall–Kier alpha value is -1.03. The molecule has 0 radical (unpaired) electrons. The van der Waals surface area contributed by atoms with Crippen LogP contribution in [0.1, 0.15) is 12.5 Å². The van der Waals surface area contributed by atoms with Crippen molar-refractivity contribution in [3.63, 3.8) is 0 Å². The molecule has 0 bridgehead atoms. The van der Waals surface area contributed by atoms with Gasteiger partial charge in [-0.2, -0.15) is 0 Å². The molecule has 0 aliphatic rings. The predicted octanol–water partition coefficient (Wildman–Crippen LogP) is 2.04. The molecule has 1 aromatic carbocycles. The average Bonchev–Trinajstić information content (AvgIpc) is 2.11. The molecule has 0 heterocycles. The summed E-state index contributed by atoms with van der Waals surface area (Å²) in [6.07, 6.45) is 0. The van der Waals surface area contributed by atoms with E-state index >= 15 is 0 Å². The summed E-state index contributed by atoms with van der Waals surface area (Å²) in [6.45, 7) is 3.73. The van der Waals surface area contributed by atoms with Crippen molar-refractivity contribution in [2.24, 2.45) is 5.73 Å². The topological polar surface area (TPSA) is 55.1 Å². The lowest BCUT2D eigenvalue weighted by Gasteiger charge is -2.13. The van der Waals surface area contributed by atoms with E-state index in [4.69, 9.17) is 5.73 Å². The van der Waals surface area contributed by atoms with E-state index in [-0.39, 0.29) is 11.9 Å². The largest absolute Gasteiger partial charge is 0.373 e. The van der Waals surface area contributed by atoms with Gasteiger partial charge in [-0.15, -0.1) is 0 Å². The van der Waals surface area contributed by atoms with E-state index in [9.17, 15) is 4.79 Å². The van der Waals surface area contributed by atoms with Crippen molar-refractivity contribution < 1.29 is 4.79 Å². The minimum Gasteiger partial charge on any atom is -0.373 e. The fraction of sp³-hybridized carbons (Fsp3) is 0.300. The molecule has 76 valence electrons. The molecule has 0 aromatic heterocycles. The molecule has 14 heavy (non-hydrogen) atoms. The van der Waals surface area contributed by atoms with Crippen molar-refractivity contribution in [1.82, 2.24) is 0 Å². The monoisotopic (exact) mass is 256 g/mol. The van der Waals surface area contributed by atoms with Crippen LogP contribution in [0.4, 0.5) is 5.69 Å². The molecule has 0 aliphatic heterocycles. The number of nitrogens with one attached hydrogen (secondary N) is 1. The van der Waals surface area contributed by atoms with E-state index in [0.717, 1.165) is 15.7 Å². The number of rotatable bonds is 3. The van der Waals surface area contributed by atoms with Crippen LogP contribution >= 0.6 is 15.9 Å². The first-order valence-electron chi connectivity index (χ1n) is 4.32. The van der Waals surface area contributed by atoms with Crippen molar-refractivity contribution in [2.75, 3.05) is 5.32 Å². The second-order valence-corrected chi connectivity index (χ2v) is 4.11. The zero-order chi connectivity index (χ0) is 10.7. The molecule has 3 N–H and O–H groups in total. The molecule has 0 aliphatic carbocycles. The van der Waals surface area contributed by atoms with Crippen LogP contribution in [-0.4, -0.2) is 11.9 Å². The van der Waals surface area contributed by atoms with E-state index in [2.05, 4.69) is 21.2 Å². The third-order valence-corrected chi connectivity index (χ3v) is 2.61. The van der Waals surface area contributed by atoms with Gasteiger partial charge in [0.25, 0.3) is 0 Å². The van der Waals surface area contributed by atoms with Crippen molar-refractivity contribution in [2.45, 2.75) is 19.9 Å². The second kappa shape index (κ2) is 4.46. The summed E-state index contributed by atoms with van der Waals surface area (Å²) in [5, 5.41) is 3.03. The fourth-order valence-electron chi connectivity index (χ4n) is 1.05. The average molecular weight is 257 g/mol. The number of halogens is 1. The van der Waals surface area contributed by atoms with Gasteiger partial charge in [-0.05, 0) is 47.5 Å². The lowest BCUT2D eigenvalue weighted by Crippen LogP contribution is -2.32. The number of carbonyl (C=O) groups excluding carboxylic acids is 1. The van der Waals surface area contributed by atoms with E-state index < -0.39 is 0 Å². The molecule has 1 unspecified atom stereocenters. The van der Waals surface area contributed by atoms with E-state index in [0.29, 0.717) is 0 Å². The number of benzene rings is 1. The number of primary amides is 1. The Bertz CT molecular complexity index is 352. The Morgan fingerprint density at radius 3 is 2.79 bits per heavy atom. The van der Waals surface area contributed by atoms with Crippen LogP contribution in [0.5, 0.6) is 0 Å². The zero-order valence-electron chi connectivity index (χ0n) is 8.17. The van der Waals surface area contributed by atoms with Crippen molar-refractivity contribution in [3.8, 4) is 0 Å². The van der Waals surface area contributed by atoms with Gasteiger partial charge in [-0.1, -0.05) is 6.07 Å². The Kier molecular flexibility index (Phi) is 3.52. The highest BCUT2D eigenvalue weighted by Gasteiger charge is 2.09. The number of hydrogen-bond acceptors (Lipinski definition) is 2. The second-order valence-electron chi connectivity index (χ2n) is 3.25. The third-order valence-electron chi connectivity index (χ3n) is 1.92. The number of amides is 1. The highest BCUT2D eigenvalue weighted by molar-refractivity contribution is 9.10. The third kappa shape index (κ3) is 2.73. The first-order chi connectivity index (χ1) is 6.50. The summed E-state index contributed by atoms with van der Waals surface area (Å²) >= 11 is 3.39. The fourth-order valence-corrected chi connectivity index (χ4v) is 1.42. The van der Waals surface area contributed by atoms with Gasteiger partial charge in [-0.3, -0.25) is 4.79 Å². The number of aryl methyl sites for hydroxylation is 1. The molecule has 1 atom stereocenters. The zero-order valence-corrected chi connectivity index (χ0v) is 9.76. The van der Waals surface area contributed by atoms with Crippen LogP contribution in [0.25, 0.3) is 0 Å². The van der Waals surface area contributed by atoms with Crippen LogP contribution in [0, 0.1) is 6.92 Å². The quantitative estimate of drug-likeness (QED) is 0.870. The van der Waals surface area contributed by atoms with Gasteiger partial charge in [0, 0.05) is 10.2 Å². The molecule has 1 aromatic rings. The highest BCUT2D eigenvalue weighted by Crippen LogP contribution is 2.23. The molecule has 0 fully saturated rings. The lowest BCUT2D eigenvalue weighted by molar-refractivity contribution is -0.118. The van der Waals surface area contributed by atoms with Crippen LogP contribution in [0.3, 0.4) is 0 Å². The maximum atomic E-state index is 10.8. The molecule has 0 saturated heterocycles. The number of nitrogens with two attached hydrogens (primary N) is 1. The summed E-state index contributed by atoms with van der Waals surface area (Å²) < 4.78 is 0.927. The van der Waals surface area contributed by atoms with Gasteiger partial charge < -0.3 is 11.1 Å². The maximum absolute atomic E-state index is 10.8. The minimum atomic E-state index is -0.368. The number of anilines is 1. The van der Waals surface area contributed by atoms with Gasteiger partial charge in [0.1, 0.15) is 6.04 Å². The van der Waals surface area contributed by atoms with Crippen molar-refractivity contribution in [3.05, 3.63) is 28.2 Å². The van der Waals surface area contributed by atoms with Gasteiger partial charge >= 0.3 is 0 Å². The summed E-state index contributed by atoms with van der Waals surface area (Å²) in [5.74, 6) is -0.363. The summed E-state index contributed by atoms with van der Waals surface area (Å²) in [5.41, 5.74) is 7.17. The predicted molar refractivity (Wildman–Crippen MR) is 61.2 cm³/mol. The van der Waals surface area contributed by atoms with Crippen molar-refractivity contribution in [1.29, 1.82) is 0 Å². The highest BCUT2D eigenvalue weighted by atomic mass is 79.9. The van der Waals surface area contributed by atoms with Gasteiger partial charge in [0.2, 0.25) is 5.91 Å². The minimum absolute atomic E-state index is 0.363. The lowest BCUT2D eigenvalue weighted by atomic mass is 10.2. The van der Waals surface area contributed by atoms with Gasteiger partial charge in [0.15, 0.2) is 0 Å². The normalized spacial score (nSPS) is 12.2. The molecule has 1 amide bonds. The van der Waals surface area contributed by atoms with E-state index in [1.807, 2.05) is 25.1 Å². The first-order valence-corrected chi connectivity index (χ1v) is 5.12. The molecular weight excluding hydrogens is 244 g/mol. The number of carbonyl (C=O) groups is 1. The van der Waals surface area contributed by atoms with Crippen LogP contribution < -0.4 is 11.1 Å². The molecule has 0 spiro atoms. The molecule has 0 saturated carbocycles. The van der Waals surface area contributed by atoms with Gasteiger partial charge in [0.05, 0.1) is 0 Å². The maximum Gasteiger partial charge on any atom is 0.239 e. The Balaban J connectivity index is 2.85. The summed E-state index contributed by atoms with van der Waals surface area (Å²) in [7, 11) is 0. The Morgan fingerprint density at radius 1 is 1.57 bits per heavy atom. The summed E-state index contributed by atoms with van der Waals surface area (Å²) in [4.78, 5) is 10.8. The molecule has 4 heteroatoms. The first kappa shape index (κ1) is 11.0. The summed E-state index contributed by atoms with van der Waals surface area (Å²) in [6, 6.07) is 5.52. The van der Waals surface area contributed by atoms with E-state index in [1.165, 1.54) is 0 Å². The van der Waals surface area contributed by atoms with Crippen LogP contribution in [0.15, 0.2) is 22.7 Å².